The van der Waals surface area contributed by atoms with E-state index in [1.807, 2.05) is 6.92 Å². The van der Waals surface area contributed by atoms with Gasteiger partial charge in [-0.05, 0) is 31.7 Å². The predicted octanol–water partition coefficient (Wildman–Crippen LogP) is 2.15. The van der Waals surface area contributed by atoms with Crippen molar-refractivity contribution in [1.29, 1.82) is 0 Å². The molecule has 4 rings (SSSR count). The maximum Gasteiger partial charge on any atom is 0.259 e. The molecule has 1 aliphatic carbocycles. The lowest BCUT2D eigenvalue weighted by atomic mass is 10.2. The molecule has 7 heteroatoms. The van der Waals surface area contributed by atoms with Crippen molar-refractivity contribution in [2.75, 3.05) is 0 Å². The second-order valence-corrected chi connectivity index (χ2v) is 7.12. The smallest absolute Gasteiger partial charge is 0.259 e. The highest BCUT2D eigenvalue weighted by molar-refractivity contribution is 8.01. The Morgan fingerprint density at radius 2 is 2.30 bits per heavy atom. The summed E-state index contributed by atoms with van der Waals surface area (Å²) in [6, 6.07) is 0. The van der Waals surface area contributed by atoms with Gasteiger partial charge in [-0.3, -0.25) is 4.79 Å². The second kappa shape index (κ2) is 4.53. The Morgan fingerprint density at radius 1 is 1.40 bits per heavy atom. The number of nitrogens with zero attached hydrogens (tertiary/aromatic N) is 3. The molecule has 1 N–H and O–H groups in total. The summed E-state index contributed by atoms with van der Waals surface area (Å²) in [7, 11) is 0. The normalized spacial score (nSPS) is 21.1. The SMILES string of the molecule is CC1=NNC(=O)C1Sc1ncnc2sc3c(c12)CCC3. The molecule has 2 aromatic rings. The van der Waals surface area contributed by atoms with Crippen molar-refractivity contribution in [1.82, 2.24) is 15.4 Å². The number of aryl methyl sites for hydroxylation is 2. The van der Waals surface area contributed by atoms with Crippen LogP contribution in [0.25, 0.3) is 10.2 Å². The van der Waals surface area contributed by atoms with Gasteiger partial charge in [0, 0.05) is 10.3 Å². The summed E-state index contributed by atoms with van der Waals surface area (Å²) in [4.78, 5) is 23.1. The maximum atomic E-state index is 11.8. The van der Waals surface area contributed by atoms with Crippen molar-refractivity contribution in [3.8, 4) is 0 Å². The molecule has 1 aliphatic heterocycles. The third-order valence-electron chi connectivity index (χ3n) is 3.66. The molecule has 0 saturated carbocycles. The fraction of sp³-hybridized carbons (Fsp3) is 0.385. The van der Waals surface area contributed by atoms with Gasteiger partial charge in [-0.1, -0.05) is 11.8 Å². The number of thiophene rings is 1. The van der Waals surface area contributed by atoms with Crippen LogP contribution < -0.4 is 5.43 Å². The molecule has 20 heavy (non-hydrogen) atoms. The highest BCUT2D eigenvalue weighted by Crippen LogP contribution is 2.41. The first-order valence-corrected chi connectivity index (χ1v) is 8.19. The Labute approximate surface area is 123 Å². The standard InChI is InChI=1S/C13H12N4OS2/c1-6-10(11(18)17-16-6)20-13-9-7-3-2-4-8(7)19-12(9)14-5-15-13/h5,10H,2-4H2,1H3,(H,17,18). The zero-order chi connectivity index (χ0) is 13.7. The Balaban J connectivity index is 1.80. The molecule has 0 bridgehead atoms. The lowest BCUT2D eigenvalue weighted by Crippen LogP contribution is -2.24. The van der Waals surface area contributed by atoms with E-state index in [1.54, 1.807) is 17.7 Å². The number of nitrogens with one attached hydrogen (secondary N) is 1. The van der Waals surface area contributed by atoms with Crippen molar-refractivity contribution in [2.45, 2.75) is 36.5 Å². The van der Waals surface area contributed by atoms with Crippen molar-refractivity contribution in [2.24, 2.45) is 5.10 Å². The molecule has 3 heterocycles. The lowest BCUT2D eigenvalue weighted by Gasteiger charge is -2.08. The Morgan fingerprint density at radius 3 is 3.10 bits per heavy atom. The number of carbonyl (C=O) groups excluding carboxylic acids is 1. The molecule has 0 saturated heterocycles. The molecule has 0 radical (unpaired) electrons. The largest absolute Gasteiger partial charge is 0.271 e. The molecule has 102 valence electrons. The lowest BCUT2D eigenvalue weighted by molar-refractivity contribution is -0.118. The first-order chi connectivity index (χ1) is 9.74. The van der Waals surface area contributed by atoms with Crippen molar-refractivity contribution in [3.05, 3.63) is 16.8 Å². The molecule has 0 fully saturated rings. The summed E-state index contributed by atoms with van der Waals surface area (Å²) < 4.78 is 0. The van der Waals surface area contributed by atoms with Crippen molar-refractivity contribution < 1.29 is 4.79 Å². The van der Waals surface area contributed by atoms with Gasteiger partial charge < -0.3 is 0 Å². The number of carbonyl (C=O) groups is 1. The van der Waals surface area contributed by atoms with Gasteiger partial charge in [0.15, 0.2) is 0 Å². The van der Waals surface area contributed by atoms with Crippen molar-refractivity contribution in [3.63, 3.8) is 0 Å². The molecule has 0 aromatic carbocycles. The van der Waals surface area contributed by atoms with Gasteiger partial charge in [0.25, 0.3) is 5.91 Å². The van der Waals surface area contributed by atoms with E-state index in [9.17, 15) is 4.79 Å². The molecular formula is C13H12N4OS2. The fourth-order valence-corrected chi connectivity index (χ4v) is 5.04. The van der Waals surface area contributed by atoms with E-state index in [-0.39, 0.29) is 11.2 Å². The third-order valence-corrected chi connectivity index (χ3v) is 6.18. The van der Waals surface area contributed by atoms with Gasteiger partial charge in [0.2, 0.25) is 0 Å². The zero-order valence-corrected chi connectivity index (χ0v) is 12.5. The number of hydrogen-bond donors (Lipinski definition) is 1. The van der Waals surface area contributed by atoms with Crippen LogP contribution in [0.1, 0.15) is 23.8 Å². The average Bonchev–Trinajstić information content (AvgIpc) is 3.08. The summed E-state index contributed by atoms with van der Waals surface area (Å²) in [5, 5.41) is 5.78. The maximum absolute atomic E-state index is 11.8. The predicted molar refractivity (Wildman–Crippen MR) is 80.3 cm³/mol. The summed E-state index contributed by atoms with van der Waals surface area (Å²) in [6.07, 6.45) is 5.04. The van der Waals surface area contributed by atoms with E-state index in [2.05, 4.69) is 20.5 Å². The van der Waals surface area contributed by atoms with Crippen LogP contribution >= 0.6 is 23.1 Å². The molecule has 2 aromatic heterocycles. The van der Waals surface area contributed by atoms with Crippen LogP contribution in [0.15, 0.2) is 16.5 Å². The first-order valence-electron chi connectivity index (χ1n) is 6.50. The minimum Gasteiger partial charge on any atom is -0.271 e. The van der Waals surface area contributed by atoms with E-state index in [1.165, 1.54) is 28.6 Å². The summed E-state index contributed by atoms with van der Waals surface area (Å²) in [5.74, 6) is -0.0638. The van der Waals surface area contributed by atoms with E-state index in [0.717, 1.165) is 33.8 Å². The number of rotatable bonds is 2. The van der Waals surface area contributed by atoms with E-state index in [0.29, 0.717) is 0 Å². The molecular weight excluding hydrogens is 292 g/mol. The van der Waals surface area contributed by atoms with Gasteiger partial charge >= 0.3 is 0 Å². The topological polar surface area (TPSA) is 67.2 Å². The number of hydrazone groups is 1. The molecule has 5 nitrogen and oxygen atoms in total. The second-order valence-electron chi connectivity index (χ2n) is 4.94. The van der Waals surface area contributed by atoms with Gasteiger partial charge in [-0.25, -0.2) is 15.4 Å². The fourth-order valence-electron chi connectivity index (χ4n) is 2.69. The number of aromatic nitrogens is 2. The summed E-state index contributed by atoms with van der Waals surface area (Å²) in [6.45, 7) is 1.87. The molecule has 1 unspecified atom stereocenters. The zero-order valence-electron chi connectivity index (χ0n) is 10.8. The first kappa shape index (κ1) is 12.3. The highest BCUT2D eigenvalue weighted by atomic mass is 32.2. The molecule has 0 spiro atoms. The van der Waals surface area contributed by atoms with Crippen LogP contribution in [0.3, 0.4) is 0 Å². The average molecular weight is 304 g/mol. The van der Waals surface area contributed by atoms with Gasteiger partial charge in [0.1, 0.15) is 21.4 Å². The van der Waals surface area contributed by atoms with Crippen LogP contribution in [-0.2, 0) is 17.6 Å². The number of fused-ring (bicyclic) bond motifs is 3. The molecule has 1 amide bonds. The van der Waals surface area contributed by atoms with Gasteiger partial charge in [0.05, 0.1) is 5.71 Å². The van der Waals surface area contributed by atoms with E-state index >= 15 is 0 Å². The molecule has 1 atom stereocenters. The number of thioether (sulfide) groups is 1. The number of amides is 1. The van der Waals surface area contributed by atoms with Crippen LogP contribution in [0.5, 0.6) is 0 Å². The summed E-state index contributed by atoms with van der Waals surface area (Å²) in [5.41, 5.74) is 4.72. The van der Waals surface area contributed by atoms with Crippen LogP contribution in [0, 0.1) is 0 Å². The minimum atomic E-state index is -0.273. The van der Waals surface area contributed by atoms with Crippen molar-refractivity contribution >= 4 is 44.9 Å². The van der Waals surface area contributed by atoms with Crippen LogP contribution in [0.4, 0.5) is 0 Å². The van der Waals surface area contributed by atoms with Crippen LogP contribution in [-0.4, -0.2) is 26.8 Å². The third kappa shape index (κ3) is 1.76. The number of hydrogen-bond acceptors (Lipinski definition) is 6. The van der Waals surface area contributed by atoms with Gasteiger partial charge in [-0.2, -0.15) is 5.10 Å². The summed E-state index contributed by atoms with van der Waals surface area (Å²) >= 11 is 3.25. The van der Waals surface area contributed by atoms with E-state index in [4.69, 9.17) is 0 Å². The minimum absolute atomic E-state index is 0.0638. The van der Waals surface area contributed by atoms with Crippen LogP contribution in [0.2, 0.25) is 0 Å². The quantitative estimate of drug-likeness (QED) is 0.863. The molecule has 2 aliphatic rings. The Hall–Kier alpha value is -1.47. The Kier molecular flexibility index (Phi) is 2.78. The van der Waals surface area contributed by atoms with Gasteiger partial charge in [-0.15, -0.1) is 11.3 Å². The Bertz CT molecular complexity index is 752. The monoisotopic (exact) mass is 304 g/mol. The van der Waals surface area contributed by atoms with E-state index < -0.39 is 0 Å². The highest BCUT2D eigenvalue weighted by Gasteiger charge is 2.30.